The van der Waals surface area contributed by atoms with Gasteiger partial charge in [0, 0.05) is 42.1 Å². The van der Waals surface area contributed by atoms with Gasteiger partial charge in [-0.15, -0.1) is 11.3 Å². The van der Waals surface area contributed by atoms with Crippen LogP contribution in [-0.2, 0) is 19.4 Å². The first-order valence-electron chi connectivity index (χ1n) is 13.1. The Bertz CT molecular complexity index is 1460. The van der Waals surface area contributed by atoms with E-state index in [0.717, 1.165) is 41.0 Å². The molecule has 0 saturated carbocycles. The molecule has 1 aliphatic carbocycles. The van der Waals surface area contributed by atoms with Crippen molar-refractivity contribution < 1.29 is 4.79 Å². The minimum atomic E-state index is -0.199. The highest BCUT2D eigenvalue weighted by molar-refractivity contribution is 7.15. The molecule has 37 heavy (non-hydrogen) atoms. The molecular formula is C31H34N4OS. The van der Waals surface area contributed by atoms with E-state index in [4.69, 9.17) is 0 Å². The van der Waals surface area contributed by atoms with Crippen LogP contribution in [-0.4, -0.2) is 29.6 Å². The van der Waals surface area contributed by atoms with Crippen LogP contribution in [0.5, 0.6) is 0 Å². The predicted molar refractivity (Wildman–Crippen MR) is 153 cm³/mol. The number of benzene rings is 2. The number of rotatable bonds is 3. The first kappa shape index (κ1) is 23.9. The third-order valence-corrected chi connectivity index (χ3v) is 9.34. The number of anilines is 2. The topological polar surface area (TPSA) is 40.5 Å². The van der Waals surface area contributed by atoms with Gasteiger partial charge in [-0.2, -0.15) is 0 Å². The lowest BCUT2D eigenvalue weighted by Crippen LogP contribution is -2.38. The molecule has 2 aromatic carbocycles. The first-order valence-corrected chi connectivity index (χ1v) is 14.0. The van der Waals surface area contributed by atoms with Crippen LogP contribution in [0.15, 0.2) is 60.8 Å². The molecule has 0 spiro atoms. The van der Waals surface area contributed by atoms with E-state index >= 15 is 0 Å². The zero-order chi connectivity index (χ0) is 25.7. The van der Waals surface area contributed by atoms with Gasteiger partial charge in [0.25, 0.3) is 0 Å². The second kappa shape index (κ2) is 9.42. The third kappa shape index (κ3) is 4.13. The lowest BCUT2D eigenvalue weighted by atomic mass is 9.95. The van der Waals surface area contributed by atoms with Crippen LogP contribution < -0.4 is 10.2 Å². The molecule has 190 valence electrons. The molecule has 2 amide bonds. The van der Waals surface area contributed by atoms with E-state index < -0.39 is 0 Å². The Morgan fingerprint density at radius 3 is 2.54 bits per heavy atom. The van der Waals surface area contributed by atoms with Gasteiger partial charge in [-0.05, 0) is 92.1 Å². The number of nitrogens with one attached hydrogen (secondary N) is 1. The standard InChI is InChI=1S/C31H34N4OS/c1-20-9-7-11-26(21(20)2)32-31(36)35-19-25-24-10-5-6-13-28(24)37-30(25)34-18-8-12-27(34)29(35)22-14-16-23(17-15-22)33(3)4/h7-9,11-12,14-18,29H,5-6,10,13,19H2,1-4H3,(H,32,36)/t29-/m0/s1. The number of urea groups is 1. The maximum atomic E-state index is 14.2. The fraction of sp³-hybridized carbons (Fsp3) is 0.323. The molecule has 5 nitrogen and oxygen atoms in total. The molecule has 0 fully saturated rings. The number of fused-ring (bicyclic) bond motifs is 5. The number of hydrogen-bond acceptors (Lipinski definition) is 3. The van der Waals surface area contributed by atoms with Gasteiger partial charge in [-0.3, -0.25) is 0 Å². The van der Waals surface area contributed by atoms with Crippen LogP contribution in [0.4, 0.5) is 16.2 Å². The summed E-state index contributed by atoms with van der Waals surface area (Å²) in [6.45, 7) is 4.76. The highest BCUT2D eigenvalue weighted by Crippen LogP contribution is 2.44. The highest BCUT2D eigenvalue weighted by atomic mass is 32.1. The zero-order valence-electron chi connectivity index (χ0n) is 22.0. The van der Waals surface area contributed by atoms with E-state index in [1.54, 1.807) is 0 Å². The van der Waals surface area contributed by atoms with Crippen LogP contribution in [0.3, 0.4) is 0 Å². The van der Waals surface area contributed by atoms with Crippen LogP contribution in [0.1, 0.15) is 57.3 Å². The van der Waals surface area contributed by atoms with E-state index in [9.17, 15) is 4.79 Å². The van der Waals surface area contributed by atoms with E-state index in [1.807, 2.05) is 28.4 Å². The molecule has 0 unspecified atom stereocenters. The Kier molecular flexibility index (Phi) is 6.07. The smallest absolute Gasteiger partial charge is 0.322 e. The molecule has 6 heteroatoms. The lowest BCUT2D eigenvalue weighted by molar-refractivity contribution is 0.194. The maximum Gasteiger partial charge on any atom is 0.322 e. The predicted octanol–water partition coefficient (Wildman–Crippen LogP) is 7.24. The van der Waals surface area contributed by atoms with Crippen molar-refractivity contribution in [2.45, 2.75) is 52.1 Å². The maximum absolute atomic E-state index is 14.2. The van der Waals surface area contributed by atoms with Crippen molar-refractivity contribution in [1.82, 2.24) is 9.47 Å². The number of carbonyl (C=O) groups excluding carboxylic acids is 1. The summed E-state index contributed by atoms with van der Waals surface area (Å²) in [6, 6.07) is 18.8. The average Bonchev–Trinajstić information content (AvgIpc) is 3.48. The van der Waals surface area contributed by atoms with Gasteiger partial charge in [0.15, 0.2) is 0 Å². The molecule has 2 aliphatic rings. The van der Waals surface area contributed by atoms with Gasteiger partial charge < -0.3 is 19.7 Å². The number of amides is 2. The second-order valence-electron chi connectivity index (χ2n) is 10.5. The Balaban J connectivity index is 1.49. The number of nitrogens with zero attached hydrogens (tertiary/aromatic N) is 3. The van der Waals surface area contributed by atoms with Crippen LogP contribution in [0.25, 0.3) is 5.00 Å². The summed E-state index contributed by atoms with van der Waals surface area (Å²) >= 11 is 1.92. The number of thiophene rings is 1. The average molecular weight is 511 g/mol. The fourth-order valence-corrected chi connectivity index (χ4v) is 7.17. The van der Waals surface area contributed by atoms with Crippen molar-refractivity contribution in [3.63, 3.8) is 0 Å². The summed E-state index contributed by atoms with van der Waals surface area (Å²) in [4.78, 5) is 19.8. The molecule has 4 aromatic rings. The first-order chi connectivity index (χ1) is 17.9. The van der Waals surface area contributed by atoms with Crippen molar-refractivity contribution in [2.24, 2.45) is 0 Å². The van der Waals surface area contributed by atoms with E-state index in [2.05, 4.69) is 91.4 Å². The summed E-state index contributed by atoms with van der Waals surface area (Å²) in [5, 5.41) is 4.56. The van der Waals surface area contributed by atoms with E-state index in [1.165, 1.54) is 39.4 Å². The van der Waals surface area contributed by atoms with Crippen molar-refractivity contribution in [1.29, 1.82) is 0 Å². The van der Waals surface area contributed by atoms with E-state index in [-0.39, 0.29) is 12.1 Å². The van der Waals surface area contributed by atoms with Gasteiger partial charge in [0.05, 0.1) is 18.3 Å². The van der Waals surface area contributed by atoms with Crippen LogP contribution in [0.2, 0.25) is 0 Å². The summed E-state index contributed by atoms with van der Waals surface area (Å²) in [5.41, 5.74) is 9.34. The van der Waals surface area contributed by atoms with Gasteiger partial charge >= 0.3 is 6.03 Å². The summed E-state index contributed by atoms with van der Waals surface area (Å²) in [6.07, 6.45) is 6.89. The van der Waals surface area contributed by atoms with Gasteiger partial charge in [-0.1, -0.05) is 24.3 Å². The lowest BCUT2D eigenvalue weighted by Gasteiger charge is -2.32. The van der Waals surface area contributed by atoms with Crippen molar-refractivity contribution >= 4 is 28.7 Å². The summed E-state index contributed by atoms with van der Waals surface area (Å²) in [7, 11) is 4.10. The molecule has 0 radical (unpaired) electrons. The summed E-state index contributed by atoms with van der Waals surface area (Å²) < 4.78 is 2.34. The Labute approximate surface area is 223 Å². The quantitative estimate of drug-likeness (QED) is 0.316. The molecule has 1 atom stereocenters. The Hall–Kier alpha value is -3.51. The number of hydrogen-bond donors (Lipinski definition) is 1. The number of aryl methyl sites for hydroxylation is 2. The molecule has 1 aliphatic heterocycles. The SMILES string of the molecule is Cc1cccc(NC(=O)N2Cc3c(sc4c3CCCC4)-n3cccc3[C@@H]2c2ccc(N(C)C)cc2)c1C. The zero-order valence-corrected chi connectivity index (χ0v) is 22.9. The molecule has 3 heterocycles. The minimum absolute atomic E-state index is 0.0632. The van der Waals surface area contributed by atoms with Gasteiger partial charge in [0.2, 0.25) is 0 Å². The van der Waals surface area contributed by atoms with Crippen LogP contribution >= 0.6 is 11.3 Å². The van der Waals surface area contributed by atoms with Crippen molar-refractivity contribution in [3.8, 4) is 5.00 Å². The fourth-order valence-electron chi connectivity index (χ4n) is 5.77. The normalized spacial score (nSPS) is 16.4. The summed E-state index contributed by atoms with van der Waals surface area (Å²) in [5.74, 6) is 0. The highest BCUT2D eigenvalue weighted by Gasteiger charge is 2.36. The van der Waals surface area contributed by atoms with Crippen molar-refractivity contribution in [2.75, 3.05) is 24.3 Å². The molecular weight excluding hydrogens is 476 g/mol. The molecule has 0 saturated heterocycles. The largest absolute Gasteiger partial charge is 0.378 e. The molecule has 1 N–H and O–H groups in total. The Morgan fingerprint density at radius 1 is 0.973 bits per heavy atom. The minimum Gasteiger partial charge on any atom is -0.378 e. The Morgan fingerprint density at radius 2 is 1.76 bits per heavy atom. The van der Waals surface area contributed by atoms with Gasteiger partial charge in [0.1, 0.15) is 5.00 Å². The molecule has 2 aromatic heterocycles. The molecule has 6 rings (SSSR count). The second-order valence-corrected chi connectivity index (χ2v) is 11.6. The van der Waals surface area contributed by atoms with E-state index in [0.29, 0.717) is 6.54 Å². The monoisotopic (exact) mass is 510 g/mol. The number of carbonyl (C=O) groups is 1. The third-order valence-electron chi connectivity index (χ3n) is 8.01. The van der Waals surface area contributed by atoms with Crippen molar-refractivity contribution in [3.05, 3.63) is 99.2 Å². The number of aromatic nitrogens is 1. The van der Waals surface area contributed by atoms with Gasteiger partial charge in [-0.25, -0.2) is 4.79 Å². The van der Waals surface area contributed by atoms with Crippen LogP contribution in [0, 0.1) is 13.8 Å². The molecule has 0 bridgehead atoms.